The molecule has 5 nitrogen and oxygen atoms in total. The van der Waals surface area contributed by atoms with Gasteiger partial charge in [0.05, 0.1) is 5.56 Å². The van der Waals surface area contributed by atoms with Crippen LogP contribution in [0.1, 0.15) is 0 Å². The van der Waals surface area contributed by atoms with Crippen LogP contribution in [0.4, 0.5) is 9.52 Å². The zero-order chi connectivity index (χ0) is 11.1. The van der Waals surface area contributed by atoms with Crippen LogP contribution < -0.4 is 5.73 Å². The molecule has 2 heterocycles. The van der Waals surface area contributed by atoms with Gasteiger partial charge in [0.15, 0.2) is 5.82 Å². The first-order valence-corrected chi connectivity index (χ1v) is 5.30. The van der Waals surface area contributed by atoms with Gasteiger partial charge in [0.1, 0.15) is 5.82 Å². The summed E-state index contributed by atoms with van der Waals surface area (Å²) in [6.45, 7) is 0. The third-order valence-electron chi connectivity index (χ3n) is 2.12. The molecule has 0 radical (unpaired) electrons. The van der Waals surface area contributed by atoms with Crippen LogP contribution in [0.5, 0.6) is 0 Å². The van der Waals surface area contributed by atoms with Crippen LogP contribution in [-0.2, 0) is 0 Å². The highest BCUT2D eigenvalue weighted by molar-refractivity contribution is 7.20. The van der Waals surface area contributed by atoms with Gasteiger partial charge >= 0.3 is 0 Å². The molecule has 0 saturated carbocycles. The second-order valence-electron chi connectivity index (χ2n) is 3.14. The van der Waals surface area contributed by atoms with Crippen molar-refractivity contribution in [1.29, 1.82) is 0 Å². The number of rotatable bonds is 1. The van der Waals surface area contributed by atoms with Crippen molar-refractivity contribution in [2.75, 3.05) is 5.73 Å². The van der Waals surface area contributed by atoms with Gasteiger partial charge in [-0.15, -0.1) is 15.3 Å². The fourth-order valence-corrected chi connectivity index (χ4v) is 2.05. The van der Waals surface area contributed by atoms with Gasteiger partial charge < -0.3 is 5.73 Å². The molecule has 0 fully saturated rings. The van der Waals surface area contributed by atoms with Crippen molar-refractivity contribution >= 4 is 21.4 Å². The quantitative estimate of drug-likeness (QED) is 0.695. The van der Waals surface area contributed by atoms with Crippen molar-refractivity contribution in [3.05, 3.63) is 30.1 Å². The molecule has 0 aliphatic rings. The number of halogens is 1. The summed E-state index contributed by atoms with van der Waals surface area (Å²) in [6.07, 6.45) is 0. The van der Waals surface area contributed by atoms with E-state index >= 15 is 0 Å². The van der Waals surface area contributed by atoms with Crippen LogP contribution in [0.25, 0.3) is 16.3 Å². The van der Waals surface area contributed by atoms with Crippen LogP contribution >= 0.6 is 11.3 Å². The Morgan fingerprint density at radius 3 is 2.88 bits per heavy atom. The van der Waals surface area contributed by atoms with Crippen LogP contribution in [0.15, 0.2) is 24.3 Å². The van der Waals surface area contributed by atoms with Crippen molar-refractivity contribution in [2.24, 2.45) is 0 Å². The number of aromatic nitrogens is 4. The standard InChI is InChI=1S/C9H6FN5S/c10-6-4-2-1-3-5(6)7-12-13-9-15(7)14-8(11)16-9/h1-4H,(H2,11,14). The minimum atomic E-state index is -0.358. The van der Waals surface area contributed by atoms with E-state index < -0.39 is 0 Å². The van der Waals surface area contributed by atoms with Crippen molar-refractivity contribution in [1.82, 2.24) is 19.8 Å². The Morgan fingerprint density at radius 1 is 1.25 bits per heavy atom. The highest BCUT2D eigenvalue weighted by atomic mass is 32.1. The van der Waals surface area contributed by atoms with Crippen molar-refractivity contribution in [3.63, 3.8) is 0 Å². The molecular weight excluding hydrogens is 229 g/mol. The van der Waals surface area contributed by atoms with Gasteiger partial charge in [-0.1, -0.05) is 23.5 Å². The summed E-state index contributed by atoms with van der Waals surface area (Å²) >= 11 is 1.21. The molecule has 0 spiro atoms. The van der Waals surface area contributed by atoms with Gasteiger partial charge in [-0.25, -0.2) is 4.39 Å². The summed E-state index contributed by atoms with van der Waals surface area (Å²) in [5.41, 5.74) is 5.91. The third-order valence-corrected chi connectivity index (χ3v) is 2.85. The SMILES string of the molecule is Nc1nn2c(-c3ccccc3F)nnc2s1. The Hall–Kier alpha value is -2.02. The van der Waals surface area contributed by atoms with Gasteiger partial charge in [-0.2, -0.15) is 4.52 Å². The predicted octanol–water partition coefficient (Wildman–Crippen LogP) is 1.57. The van der Waals surface area contributed by atoms with Gasteiger partial charge in [-0.3, -0.25) is 0 Å². The number of hydrogen-bond acceptors (Lipinski definition) is 5. The molecule has 2 aromatic heterocycles. The van der Waals surface area contributed by atoms with E-state index in [1.54, 1.807) is 18.2 Å². The van der Waals surface area contributed by atoms with E-state index in [9.17, 15) is 4.39 Å². The zero-order valence-corrected chi connectivity index (χ0v) is 8.78. The average Bonchev–Trinajstić information content (AvgIpc) is 2.78. The molecule has 2 N–H and O–H groups in total. The summed E-state index contributed by atoms with van der Waals surface area (Å²) in [5, 5.41) is 12.2. The summed E-state index contributed by atoms with van der Waals surface area (Å²) in [4.78, 5) is 0.552. The molecule has 80 valence electrons. The molecule has 7 heteroatoms. The van der Waals surface area contributed by atoms with Gasteiger partial charge in [0, 0.05) is 0 Å². The number of hydrogen-bond donors (Lipinski definition) is 1. The first-order valence-electron chi connectivity index (χ1n) is 4.48. The normalized spacial score (nSPS) is 11.1. The second kappa shape index (κ2) is 3.24. The second-order valence-corrected chi connectivity index (χ2v) is 4.13. The topological polar surface area (TPSA) is 69.1 Å². The molecule has 16 heavy (non-hydrogen) atoms. The number of nitrogen functional groups attached to an aromatic ring is 1. The Kier molecular flexibility index (Phi) is 1.87. The Morgan fingerprint density at radius 2 is 2.06 bits per heavy atom. The first kappa shape index (κ1) is 9.22. The summed E-state index contributed by atoms with van der Waals surface area (Å²) in [6, 6.07) is 6.34. The van der Waals surface area contributed by atoms with Gasteiger partial charge in [0.2, 0.25) is 10.1 Å². The average molecular weight is 235 g/mol. The van der Waals surface area contributed by atoms with E-state index in [1.807, 2.05) is 0 Å². The molecule has 3 aromatic rings. The smallest absolute Gasteiger partial charge is 0.236 e. The lowest BCUT2D eigenvalue weighted by atomic mass is 10.2. The van der Waals surface area contributed by atoms with E-state index in [4.69, 9.17) is 5.73 Å². The largest absolute Gasteiger partial charge is 0.374 e. The molecule has 0 saturated heterocycles. The van der Waals surface area contributed by atoms with E-state index in [0.717, 1.165) is 0 Å². The Labute approximate surface area is 93.3 Å². The Bertz CT molecular complexity index is 659. The lowest BCUT2D eigenvalue weighted by Crippen LogP contribution is -1.94. The van der Waals surface area contributed by atoms with E-state index in [2.05, 4.69) is 15.3 Å². The minimum Gasteiger partial charge on any atom is -0.374 e. The number of benzene rings is 1. The van der Waals surface area contributed by atoms with Crippen LogP contribution in [0.2, 0.25) is 0 Å². The lowest BCUT2D eigenvalue weighted by molar-refractivity contribution is 0.629. The molecule has 0 atom stereocenters. The molecule has 1 aromatic carbocycles. The maximum Gasteiger partial charge on any atom is 0.236 e. The summed E-state index contributed by atoms with van der Waals surface area (Å²) < 4.78 is 15.0. The summed E-state index contributed by atoms with van der Waals surface area (Å²) in [7, 11) is 0. The molecule has 0 bridgehead atoms. The fourth-order valence-electron chi connectivity index (χ4n) is 1.44. The maximum atomic E-state index is 13.6. The molecule has 0 aliphatic carbocycles. The number of nitrogens with zero attached hydrogens (tertiary/aromatic N) is 4. The fraction of sp³-hybridized carbons (Fsp3) is 0. The van der Waals surface area contributed by atoms with Crippen LogP contribution in [0, 0.1) is 5.82 Å². The molecule has 0 aliphatic heterocycles. The number of fused-ring (bicyclic) bond motifs is 1. The van der Waals surface area contributed by atoms with Crippen molar-refractivity contribution < 1.29 is 4.39 Å². The number of anilines is 1. The lowest BCUT2D eigenvalue weighted by Gasteiger charge is -1.97. The van der Waals surface area contributed by atoms with Crippen molar-refractivity contribution in [2.45, 2.75) is 0 Å². The predicted molar refractivity (Wildman–Crippen MR) is 58.5 cm³/mol. The van der Waals surface area contributed by atoms with E-state index in [-0.39, 0.29) is 5.82 Å². The van der Waals surface area contributed by atoms with Crippen LogP contribution in [-0.4, -0.2) is 19.8 Å². The maximum absolute atomic E-state index is 13.6. The monoisotopic (exact) mass is 235 g/mol. The van der Waals surface area contributed by atoms with E-state index in [1.165, 1.54) is 21.9 Å². The molecular formula is C9H6FN5S. The third kappa shape index (κ3) is 1.25. The first-order chi connectivity index (χ1) is 7.75. The highest BCUT2D eigenvalue weighted by Gasteiger charge is 2.14. The van der Waals surface area contributed by atoms with Gasteiger partial charge in [-0.05, 0) is 12.1 Å². The summed E-state index contributed by atoms with van der Waals surface area (Å²) in [5.74, 6) is 0.00409. The molecule has 0 unspecified atom stereocenters. The number of nitrogens with two attached hydrogens (primary N) is 1. The van der Waals surface area contributed by atoms with Crippen molar-refractivity contribution in [3.8, 4) is 11.4 Å². The van der Waals surface area contributed by atoms with Gasteiger partial charge in [0.25, 0.3) is 0 Å². The highest BCUT2D eigenvalue weighted by Crippen LogP contribution is 2.24. The Balaban J connectivity index is 2.30. The van der Waals surface area contributed by atoms with Crippen LogP contribution in [0.3, 0.4) is 0 Å². The minimum absolute atomic E-state index is 0.358. The molecule has 0 amide bonds. The van der Waals surface area contributed by atoms with E-state index in [0.29, 0.717) is 21.5 Å². The molecule has 3 rings (SSSR count). The zero-order valence-electron chi connectivity index (χ0n) is 7.96.